The van der Waals surface area contributed by atoms with Crippen LogP contribution in [-0.2, 0) is 27.6 Å². The lowest BCUT2D eigenvalue weighted by atomic mass is 10.1. The van der Waals surface area contributed by atoms with Crippen LogP contribution in [0.25, 0.3) is 11.6 Å². The van der Waals surface area contributed by atoms with E-state index in [-0.39, 0.29) is 36.1 Å². The van der Waals surface area contributed by atoms with Crippen LogP contribution in [0.15, 0.2) is 46.2 Å². The fraction of sp³-hybridized carbons (Fsp3) is 0.278. The van der Waals surface area contributed by atoms with E-state index >= 15 is 0 Å². The number of carbonyl (C=O) groups excluding carboxylic acids is 1. The maximum atomic E-state index is 13.6. The normalized spacial score (nSPS) is 11.6. The maximum Gasteiger partial charge on any atom is 0.250 e. The van der Waals surface area contributed by atoms with Crippen molar-refractivity contribution in [2.24, 2.45) is 0 Å². The minimum Gasteiger partial charge on any atom is -0.461 e. The minimum atomic E-state index is -4.10. The van der Waals surface area contributed by atoms with Crippen molar-refractivity contribution >= 4 is 15.7 Å². The van der Waals surface area contributed by atoms with Gasteiger partial charge in [-0.1, -0.05) is 6.07 Å². The molecule has 154 valence electrons. The number of hydrogen-bond donors (Lipinski definition) is 1. The van der Waals surface area contributed by atoms with Gasteiger partial charge in [0, 0.05) is 18.7 Å². The van der Waals surface area contributed by atoms with Gasteiger partial charge in [-0.25, -0.2) is 17.2 Å². The maximum absolute atomic E-state index is 13.6. The Hall–Kier alpha value is -3.08. The highest BCUT2D eigenvalue weighted by molar-refractivity contribution is 7.92. The van der Waals surface area contributed by atoms with Crippen LogP contribution in [0.1, 0.15) is 12.5 Å². The van der Waals surface area contributed by atoms with E-state index in [1.807, 2.05) is 0 Å². The Morgan fingerprint density at radius 2 is 1.90 bits per heavy atom. The van der Waals surface area contributed by atoms with Gasteiger partial charge in [0.2, 0.25) is 21.6 Å². The van der Waals surface area contributed by atoms with Gasteiger partial charge in [-0.15, -0.1) is 10.2 Å². The Kier molecular flexibility index (Phi) is 6.06. The monoisotopic (exact) mass is 424 g/mol. The molecule has 0 saturated carbocycles. The van der Waals surface area contributed by atoms with Crippen molar-refractivity contribution in [3.63, 3.8) is 0 Å². The molecule has 0 fully saturated rings. The van der Waals surface area contributed by atoms with Crippen LogP contribution in [0, 0.1) is 11.6 Å². The number of sulfone groups is 1. The van der Waals surface area contributed by atoms with Crippen LogP contribution in [0.4, 0.5) is 8.78 Å². The molecule has 1 N–H and O–H groups in total. The number of amides is 1. The standard InChI is InChI=1S/C18H18F2N4O4S/c1-2-24-17(15-7-4-10-28-15)22-23-18(24)29(26,27)11-16(25)21-9-8-12-13(19)5-3-6-14(12)20/h3-7,10H,2,8-9,11H2,1H3,(H,21,25). The summed E-state index contributed by atoms with van der Waals surface area (Å²) in [5.41, 5.74) is -0.176. The quantitative estimate of drug-likeness (QED) is 0.593. The SMILES string of the molecule is CCn1c(-c2ccco2)nnc1S(=O)(=O)CC(=O)NCCc1c(F)cccc1F. The molecule has 11 heteroatoms. The average molecular weight is 424 g/mol. The molecular weight excluding hydrogens is 406 g/mol. The molecule has 0 aliphatic carbocycles. The molecule has 0 unspecified atom stereocenters. The van der Waals surface area contributed by atoms with E-state index in [4.69, 9.17) is 4.42 Å². The number of rotatable bonds is 8. The van der Waals surface area contributed by atoms with Crippen LogP contribution >= 0.6 is 0 Å². The third-order valence-corrected chi connectivity index (χ3v) is 5.63. The van der Waals surface area contributed by atoms with E-state index in [1.165, 1.54) is 16.9 Å². The molecule has 3 rings (SSSR count). The summed E-state index contributed by atoms with van der Waals surface area (Å²) in [5, 5.41) is 9.55. The molecule has 29 heavy (non-hydrogen) atoms. The van der Waals surface area contributed by atoms with Gasteiger partial charge in [0.1, 0.15) is 17.4 Å². The highest BCUT2D eigenvalue weighted by Crippen LogP contribution is 2.21. The Morgan fingerprint density at radius 1 is 1.17 bits per heavy atom. The molecule has 0 atom stereocenters. The van der Waals surface area contributed by atoms with E-state index < -0.39 is 33.1 Å². The lowest BCUT2D eigenvalue weighted by molar-refractivity contribution is -0.118. The molecule has 0 bridgehead atoms. The molecule has 0 spiro atoms. The number of furan rings is 1. The molecule has 2 aromatic heterocycles. The van der Waals surface area contributed by atoms with E-state index in [9.17, 15) is 22.0 Å². The van der Waals surface area contributed by atoms with Crippen molar-refractivity contribution in [1.82, 2.24) is 20.1 Å². The lowest BCUT2D eigenvalue weighted by Crippen LogP contribution is -2.33. The Labute approximate surface area is 165 Å². The van der Waals surface area contributed by atoms with Gasteiger partial charge < -0.3 is 9.73 Å². The molecule has 3 aromatic rings. The second kappa shape index (κ2) is 8.52. The molecule has 0 aliphatic rings. The second-order valence-electron chi connectivity index (χ2n) is 6.09. The molecule has 2 heterocycles. The van der Waals surface area contributed by atoms with Gasteiger partial charge in [-0.2, -0.15) is 0 Å². The fourth-order valence-corrected chi connectivity index (χ4v) is 4.07. The van der Waals surface area contributed by atoms with Crippen LogP contribution in [0.2, 0.25) is 0 Å². The topological polar surface area (TPSA) is 107 Å². The van der Waals surface area contributed by atoms with Crippen LogP contribution in [0.3, 0.4) is 0 Å². The predicted molar refractivity (Wildman–Crippen MR) is 98.5 cm³/mol. The fourth-order valence-electron chi connectivity index (χ4n) is 2.78. The number of nitrogens with zero attached hydrogens (tertiary/aromatic N) is 3. The first-order valence-electron chi connectivity index (χ1n) is 8.73. The lowest BCUT2D eigenvalue weighted by Gasteiger charge is -2.09. The first-order chi connectivity index (χ1) is 13.8. The summed E-state index contributed by atoms with van der Waals surface area (Å²) in [4.78, 5) is 12.1. The summed E-state index contributed by atoms with van der Waals surface area (Å²) in [7, 11) is -4.10. The molecule has 1 amide bonds. The van der Waals surface area contributed by atoms with E-state index in [0.29, 0.717) is 5.76 Å². The van der Waals surface area contributed by atoms with Gasteiger partial charge in [0.25, 0.3) is 5.16 Å². The predicted octanol–water partition coefficient (Wildman–Crippen LogP) is 1.97. The van der Waals surface area contributed by atoms with Crippen molar-refractivity contribution in [3.8, 4) is 11.6 Å². The number of aromatic nitrogens is 3. The third kappa shape index (κ3) is 4.50. The van der Waals surface area contributed by atoms with Crippen molar-refractivity contribution in [3.05, 3.63) is 53.8 Å². The van der Waals surface area contributed by atoms with E-state index in [0.717, 1.165) is 12.1 Å². The number of benzene rings is 1. The first kappa shape index (κ1) is 20.6. The summed E-state index contributed by atoms with van der Waals surface area (Å²) >= 11 is 0. The van der Waals surface area contributed by atoms with Crippen molar-refractivity contribution < 1.29 is 26.4 Å². The van der Waals surface area contributed by atoms with Crippen LogP contribution < -0.4 is 5.32 Å². The van der Waals surface area contributed by atoms with Crippen LogP contribution in [0.5, 0.6) is 0 Å². The van der Waals surface area contributed by atoms with E-state index in [1.54, 1.807) is 19.1 Å². The third-order valence-electron chi connectivity index (χ3n) is 4.13. The van der Waals surface area contributed by atoms with Gasteiger partial charge in [-0.05, 0) is 37.6 Å². The Morgan fingerprint density at radius 3 is 2.52 bits per heavy atom. The van der Waals surface area contributed by atoms with E-state index in [2.05, 4.69) is 15.5 Å². The molecular formula is C18H18F2N4O4S. The summed E-state index contributed by atoms with van der Waals surface area (Å²) in [6.45, 7) is 1.83. The Balaban J connectivity index is 1.67. The zero-order valence-corrected chi connectivity index (χ0v) is 16.2. The smallest absolute Gasteiger partial charge is 0.250 e. The zero-order chi connectivity index (χ0) is 21.0. The molecule has 0 radical (unpaired) electrons. The highest BCUT2D eigenvalue weighted by Gasteiger charge is 2.28. The van der Waals surface area contributed by atoms with Crippen molar-refractivity contribution in [1.29, 1.82) is 0 Å². The molecule has 1 aromatic carbocycles. The van der Waals surface area contributed by atoms with Crippen molar-refractivity contribution in [2.75, 3.05) is 12.3 Å². The largest absolute Gasteiger partial charge is 0.461 e. The number of nitrogens with one attached hydrogen (secondary N) is 1. The molecule has 0 saturated heterocycles. The number of carbonyl (C=O) groups is 1. The molecule has 0 aliphatic heterocycles. The highest BCUT2D eigenvalue weighted by atomic mass is 32.2. The summed E-state index contributed by atoms with van der Waals surface area (Å²) in [5.74, 6) is -2.57. The van der Waals surface area contributed by atoms with Gasteiger partial charge in [0.05, 0.1) is 6.26 Å². The van der Waals surface area contributed by atoms with Crippen LogP contribution in [-0.4, -0.2) is 41.4 Å². The van der Waals surface area contributed by atoms with Crippen molar-refractivity contribution in [2.45, 2.75) is 25.0 Å². The summed E-state index contributed by atoms with van der Waals surface area (Å²) < 4.78 is 59.0. The summed E-state index contributed by atoms with van der Waals surface area (Å²) in [6, 6.07) is 6.70. The minimum absolute atomic E-state index is 0.113. The van der Waals surface area contributed by atoms with Gasteiger partial charge in [0.15, 0.2) is 5.76 Å². The number of halogens is 2. The summed E-state index contributed by atoms with van der Waals surface area (Å²) in [6.07, 6.45) is 1.31. The first-order valence-corrected chi connectivity index (χ1v) is 10.4. The second-order valence-corrected chi connectivity index (χ2v) is 7.97. The zero-order valence-electron chi connectivity index (χ0n) is 15.4. The molecule has 8 nitrogen and oxygen atoms in total. The number of hydrogen-bond acceptors (Lipinski definition) is 6. The van der Waals surface area contributed by atoms with Gasteiger partial charge in [-0.3, -0.25) is 9.36 Å². The Bertz CT molecular complexity index is 1090. The van der Waals surface area contributed by atoms with Gasteiger partial charge >= 0.3 is 0 Å². The average Bonchev–Trinajstić information content (AvgIpc) is 3.32.